The summed E-state index contributed by atoms with van der Waals surface area (Å²) in [5, 5.41) is 0. The van der Waals surface area contributed by atoms with Crippen LogP contribution in [0.15, 0.2) is 36.4 Å². The molecule has 0 aliphatic rings. The fourth-order valence-electron chi connectivity index (χ4n) is 1.72. The first-order valence-electron chi connectivity index (χ1n) is 5.35. The van der Waals surface area contributed by atoms with E-state index in [4.69, 9.17) is 5.73 Å². The van der Waals surface area contributed by atoms with Crippen LogP contribution in [0.4, 0.5) is 14.5 Å². The predicted molar refractivity (Wildman–Crippen MR) is 65.4 cm³/mol. The number of ketones is 1. The van der Waals surface area contributed by atoms with Gasteiger partial charge in [0.1, 0.15) is 11.6 Å². The van der Waals surface area contributed by atoms with Crippen LogP contribution in [-0.4, -0.2) is 5.78 Å². The fourth-order valence-corrected chi connectivity index (χ4v) is 1.72. The molecule has 0 unspecified atom stereocenters. The van der Waals surface area contributed by atoms with Gasteiger partial charge in [-0.25, -0.2) is 8.78 Å². The van der Waals surface area contributed by atoms with Crippen LogP contribution in [0, 0.1) is 18.6 Å². The second kappa shape index (κ2) is 4.56. The minimum Gasteiger partial charge on any atom is -0.396 e. The van der Waals surface area contributed by atoms with Gasteiger partial charge in [0.2, 0.25) is 0 Å². The maximum atomic E-state index is 13.3. The van der Waals surface area contributed by atoms with E-state index in [-0.39, 0.29) is 16.8 Å². The minimum absolute atomic E-state index is 0.0451. The van der Waals surface area contributed by atoms with E-state index in [1.807, 2.05) is 0 Å². The summed E-state index contributed by atoms with van der Waals surface area (Å²) >= 11 is 0. The van der Waals surface area contributed by atoms with Gasteiger partial charge >= 0.3 is 0 Å². The summed E-state index contributed by atoms with van der Waals surface area (Å²) in [7, 11) is 0. The summed E-state index contributed by atoms with van der Waals surface area (Å²) < 4.78 is 26.4. The molecular formula is C14H11F2NO. The SMILES string of the molecule is Cc1ccc(F)cc1C(=O)c1cccc(F)c1N. The number of aryl methyl sites for hydroxylation is 1. The van der Waals surface area contributed by atoms with Crippen molar-refractivity contribution in [2.45, 2.75) is 6.92 Å². The van der Waals surface area contributed by atoms with Gasteiger partial charge in [0.15, 0.2) is 5.78 Å². The Hall–Kier alpha value is -2.23. The van der Waals surface area contributed by atoms with Gasteiger partial charge in [-0.1, -0.05) is 12.1 Å². The van der Waals surface area contributed by atoms with E-state index in [1.165, 1.54) is 30.3 Å². The summed E-state index contributed by atoms with van der Waals surface area (Å²) in [5.74, 6) is -1.65. The average molecular weight is 247 g/mol. The molecule has 0 heterocycles. The first-order valence-corrected chi connectivity index (χ1v) is 5.35. The highest BCUT2D eigenvalue weighted by Gasteiger charge is 2.17. The van der Waals surface area contributed by atoms with Crippen molar-refractivity contribution >= 4 is 11.5 Å². The van der Waals surface area contributed by atoms with E-state index in [1.54, 1.807) is 6.92 Å². The summed E-state index contributed by atoms with van der Waals surface area (Å²) in [5.41, 5.74) is 6.15. The predicted octanol–water partition coefficient (Wildman–Crippen LogP) is 3.09. The Morgan fingerprint density at radius 1 is 1.11 bits per heavy atom. The van der Waals surface area contributed by atoms with Crippen LogP contribution in [0.2, 0.25) is 0 Å². The van der Waals surface area contributed by atoms with Crippen molar-refractivity contribution in [3.8, 4) is 0 Å². The lowest BCUT2D eigenvalue weighted by molar-refractivity contribution is 0.103. The second-order valence-corrected chi connectivity index (χ2v) is 3.99. The number of benzene rings is 2. The molecule has 4 heteroatoms. The van der Waals surface area contributed by atoms with Gasteiger partial charge in [-0.2, -0.15) is 0 Å². The van der Waals surface area contributed by atoms with Gasteiger partial charge in [-0.15, -0.1) is 0 Å². The number of anilines is 1. The number of halogens is 2. The number of carbonyl (C=O) groups is 1. The summed E-state index contributed by atoms with van der Waals surface area (Å²) in [6, 6.07) is 7.88. The van der Waals surface area contributed by atoms with Crippen LogP contribution < -0.4 is 5.73 Å². The Kier molecular flexibility index (Phi) is 3.10. The second-order valence-electron chi connectivity index (χ2n) is 3.99. The molecule has 18 heavy (non-hydrogen) atoms. The number of nitrogens with two attached hydrogens (primary N) is 1. The number of hydrogen-bond acceptors (Lipinski definition) is 2. The van der Waals surface area contributed by atoms with Crippen molar-refractivity contribution in [3.63, 3.8) is 0 Å². The molecule has 2 aromatic rings. The van der Waals surface area contributed by atoms with E-state index in [0.29, 0.717) is 5.56 Å². The first-order chi connectivity index (χ1) is 8.50. The fraction of sp³-hybridized carbons (Fsp3) is 0.0714. The number of rotatable bonds is 2. The van der Waals surface area contributed by atoms with Gasteiger partial charge in [-0.05, 0) is 36.8 Å². The highest BCUT2D eigenvalue weighted by Crippen LogP contribution is 2.21. The van der Waals surface area contributed by atoms with Crippen LogP contribution in [-0.2, 0) is 0 Å². The molecule has 0 saturated heterocycles. The zero-order chi connectivity index (χ0) is 13.3. The lowest BCUT2D eigenvalue weighted by Gasteiger charge is -2.08. The minimum atomic E-state index is -0.657. The van der Waals surface area contributed by atoms with Crippen LogP contribution in [0.3, 0.4) is 0 Å². The van der Waals surface area contributed by atoms with Crippen molar-refractivity contribution in [1.29, 1.82) is 0 Å². The Morgan fingerprint density at radius 2 is 1.83 bits per heavy atom. The van der Waals surface area contributed by atoms with Crippen molar-refractivity contribution in [2.75, 3.05) is 5.73 Å². The molecule has 0 bridgehead atoms. The van der Waals surface area contributed by atoms with Crippen molar-refractivity contribution < 1.29 is 13.6 Å². The molecule has 0 aliphatic carbocycles. The third-order valence-corrected chi connectivity index (χ3v) is 2.74. The zero-order valence-corrected chi connectivity index (χ0v) is 9.71. The number of nitrogen functional groups attached to an aromatic ring is 1. The Labute approximate surface area is 103 Å². The summed E-state index contributed by atoms with van der Waals surface area (Å²) in [6.45, 7) is 1.68. The lowest BCUT2D eigenvalue weighted by Crippen LogP contribution is -2.08. The molecule has 92 valence electrons. The Bertz CT molecular complexity index is 619. The molecule has 0 spiro atoms. The van der Waals surface area contributed by atoms with Crippen LogP contribution in [0.25, 0.3) is 0 Å². The normalized spacial score (nSPS) is 10.4. The average Bonchev–Trinajstić information content (AvgIpc) is 2.35. The molecule has 2 N–H and O–H groups in total. The highest BCUT2D eigenvalue weighted by molar-refractivity contribution is 6.12. The third-order valence-electron chi connectivity index (χ3n) is 2.74. The molecular weight excluding hydrogens is 236 g/mol. The molecule has 0 saturated carbocycles. The van der Waals surface area contributed by atoms with Crippen molar-refractivity contribution in [2.24, 2.45) is 0 Å². The van der Waals surface area contributed by atoms with E-state index >= 15 is 0 Å². The third kappa shape index (κ3) is 2.09. The van der Waals surface area contributed by atoms with Crippen LogP contribution in [0.5, 0.6) is 0 Å². The van der Waals surface area contributed by atoms with Crippen LogP contribution >= 0.6 is 0 Å². The van der Waals surface area contributed by atoms with Gasteiger partial charge in [0, 0.05) is 11.1 Å². The maximum Gasteiger partial charge on any atom is 0.195 e. The lowest BCUT2D eigenvalue weighted by atomic mass is 9.98. The van der Waals surface area contributed by atoms with E-state index in [2.05, 4.69) is 0 Å². The zero-order valence-electron chi connectivity index (χ0n) is 9.71. The summed E-state index contributed by atoms with van der Waals surface area (Å²) in [6.07, 6.45) is 0. The van der Waals surface area contributed by atoms with E-state index < -0.39 is 17.4 Å². The molecule has 2 rings (SSSR count). The Balaban J connectivity index is 2.55. The van der Waals surface area contributed by atoms with Crippen LogP contribution in [0.1, 0.15) is 21.5 Å². The Morgan fingerprint density at radius 3 is 2.56 bits per heavy atom. The molecule has 0 atom stereocenters. The van der Waals surface area contributed by atoms with Gasteiger partial charge < -0.3 is 5.73 Å². The van der Waals surface area contributed by atoms with E-state index in [9.17, 15) is 13.6 Å². The van der Waals surface area contributed by atoms with Gasteiger partial charge in [0.05, 0.1) is 5.69 Å². The monoisotopic (exact) mass is 247 g/mol. The molecule has 0 amide bonds. The first kappa shape index (κ1) is 12.2. The van der Waals surface area contributed by atoms with Gasteiger partial charge in [0.25, 0.3) is 0 Å². The maximum absolute atomic E-state index is 13.3. The van der Waals surface area contributed by atoms with Crippen molar-refractivity contribution in [1.82, 2.24) is 0 Å². The molecule has 2 nitrogen and oxygen atoms in total. The standard InChI is InChI=1S/C14H11F2NO/c1-8-5-6-9(15)7-11(8)14(18)10-3-2-4-12(16)13(10)17/h2-7H,17H2,1H3. The smallest absolute Gasteiger partial charge is 0.195 e. The van der Waals surface area contributed by atoms with Crippen molar-refractivity contribution in [3.05, 3.63) is 64.7 Å². The largest absolute Gasteiger partial charge is 0.396 e. The molecule has 0 fully saturated rings. The molecule has 2 aromatic carbocycles. The van der Waals surface area contributed by atoms with Gasteiger partial charge in [-0.3, -0.25) is 4.79 Å². The molecule has 0 aromatic heterocycles. The quantitative estimate of drug-likeness (QED) is 0.654. The number of hydrogen-bond donors (Lipinski definition) is 1. The number of para-hydroxylation sites is 1. The topological polar surface area (TPSA) is 43.1 Å². The highest BCUT2D eigenvalue weighted by atomic mass is 19.1. The molecule has 0 aliphatic heterocycles. The summed E-state index contributed by atoms with van der Waals surface area (Å²) in [4.78, 5) is 12.2. The molecule has 0 radical (unpaired) electrons. The number of carbonyl (C=O) groups excluding carboxylic acids is 1. The van der Waals surface area contributed by atoms with E-state index in [0.717, 1.165) is 6.07 Å².